The number of aliphatic carboxylic acids is 1. The van der Waals surface area contributed by atoms with Crippen molar-refractivity contribution in [3.63, 3.8) is 0 Å². The fourth-order valence-electron chi connectivity index (χ4n) is 3.06. The van der Waals surface area contributed by atoms with Gasteiger partial charge in [0, 0.05) is 29.8 Å². The number of para-hydroxylation sites is 1. The lowest BCUT2D eigenvalue weighted by atomic mass is 10.1. The molecule has 0 fully saturated rings. The molecule has 0 unspecified atom stereocenters. The van der Waals surface area contributed by atoms with Gasteiger partial charge in [0.25, 0.3) is 5.56 Å². The molecule has 2 heterocycles. The monoisotopic (exact) mass is 386 g/mol. The normalized spacial score (nSPS) is 11.0. The summed E-state index contributed by atoms with van der Waals surface area (Å²) in [6.45, 7) is 2.38. The molecule has 0 spiro atoms. The first-order valence-corrected chi connectivity index (χ1v) is 9.71. The zero-order chi connectivity index (χ0) is 19.4. The van der Waals surface area contributed by atoms with Gasteiger partial charge in [-0.2, -0.15) is 0 Å². The van der Waals surface area contributed by atoms with E-state index in [-0.39, 0.29) is 12.0 Å². The molecule has 0 atom stereocenters. The van der Waals surface area contributed by atoms with Crippen molar-refractivity contribution < 1.29 is 14.6 Å². The fourth-order valence-corrected chi connectivity index (χ4v) is 4.03. The van der Waals surface area contributed by atoms with Crippen LogP contribution in [-0.4, -0.2) is 27.7 Å². The number of fused-ring (bicyclic) bond motifs is 1. The van der Waals surface area contributed by atoms with Crippen molar-refractivity contribution >= 4 is 27.5 Å². The minimum atomic E-state index is -0.868. The Hall–Kier alpha value is -2.67. The number of carbonyl (C=O) groups is 1. The summed E-state index contributed by atoms with van der Waals surface area (Å²) in [4.78, 5) is 30.5. The van der Waals surface area contributed by atoms with Crippen LogP contribution in [0, 0.1) is 0 Å². The van der Waals surface area contributed by atoms with Crippen molar-refractivity contribution in [2.75, 3.05) is 7.11 Å². The number of methoxy groups -OCH3 is 1. The number of hydrogen-bond acceptors (Lipinski definition) is 5. The van der Waals surface area contributed by atoms with Gasteiger partial charge >= 0.3 is 5.97 Å². The summed E-state index contributed by atoms with van der Waals surface area (Å²) >= 11 is 1.53. The van der Waals surface area contributed by atoms with Gasteiger partial charge in [0.05, 0.1) is 12.5 Å². The third kappa shape index (κ3) is 4.19. The van der Waals surface area contributed by atoms with Gasteiger partial charge in [-0.25, -0.2) is 4.98 Å². The van der Waals surface area contributed by atoms with Crippen LogP contribution < -0.4 is 10.3 Å². The van der Waals surface area contributed by atoms with Gasteiger partial charge in [0.15, 0.2) is 0 Å². The quantitative estimate of drug-likeness (QED) is 0.641. The number of thiophene rings is 1. The molecule has 2 aromatic heterocycles. The van der Waals surface area contributed by atoms with Gasteiger partial charge in [-0.3, -0.25) is 14.2 Å². The highest BCUT2D eigenvalue weighted by atomic mass is 32.1. The molecule has 0 aliphatic rings. The second-order valence-electron chi connectivity index (χ2n) is 6.26. The lowest BCUT2D eigenvalue weighted by molar-refractivity contribution is -0.137. The number of carboxylic acid groups (broad SMARTS) is 1. The van der Waals surface area contributed by atoms with Crippen LogP contribution in [0.5, 0.6) is 5.75 Å². The Morgan fingerprint density at radius 3 is 2.81 bits per heavy atom. The van der Waals surface area contributed by atoms with E-state index in [1.807, 2.05) is 37.3 Å². The Morgan fingerprint density at radius 1 is 1.33 bits per heavy atom. The minimum absolute atomic E-state index is 0.0163. The van der Waals surface area contributed by atoms with E-state index >= 15 is 0 Å². The average Bonchev–Trinajstić information content (AvgIpc) is 3.08. The molecule has 0 bridgehead atoms. The van der Waals surface area contributed by atoms with Crippen molar-refractivity contribution in [1.82, 2.24) is 9.55 Å². The van der Waals surface area contributed by atoms with Crippen molar-refractivity contribution in [2.24, 2.45) is 0 Å². The SMILES string of the molecule is CCc1cc2c(=O)n(CCCC(=O)O)c(Cc3ccccc3OC)nc2s1. The standard InChI is InChI=1S/C20H22N2O4S/c1-3-14-12-15-19(27-14)21-17(11-13-7-4-5-8-16(13)26-2)22(20(15)25)10-6-9-18(23)24/h4-5,7-8,12H,3,6,9-11H2,1-2H3,(H,23,24). The molecular formula is C20H22N2O4S. The Kier molecular flexibility index (Phi) is 5.91. The van der Waals surface area contributed by atoms with E-state index in [9.17, 15) is 9.59 Å². The molecule has 0 saturated carbocycles. The first kappa shape index (κ1) is 19.1. The molecule has 3 rings (SSSR count). The van der Waals surface area contributed by atoms with Gasteiger partial charge in [-0.15, -0.1) is 11.3 Å². The Bertz CT molecular complexity index is 1020. The Labute approximate surface area is 161 Å². The van der Waals surface area contributed by atoms with E-state index < -0.39 is 5.97 Å². The van der Waals surface area contributed by atoms with Gasteiger partial charge in [0.1, 0.15) is 16.4 Å². The van der Waals surface area contributed by atoms with Crippen LogP contribution in [0.4, 0.5) is 0 Å². The maximum Gasteiger partial charge on any atom is 0.303 e. The number of aryl methyl sites for hydroxylation is 1. The molecule has 1 aromatic carbocycles. The highest BCUT2D eigenvalue weighted by Gasteiger charge is 2.16. The van der Waals surface area contributed by atoms with E-state index in [4.69, 9.17) is 14.8 Å². The van der Waals surface area contributed by atoms with Crippen molar-refractivity contribution in [3.05, 3.63) is 57.0 Å². The highest BCUT2D eigenvalue weighted by Crippen LogP contribution is 2.25. The zero-order valence-electron chi connectivity index (χ0n) is 15.4. The molecule has 27 heavy (non-hydrogen) atoms. The molecule has 6 nitrogen and oxygen atoms in total. The number of aromatic nitrogens is 2. The van der Waals surface area contributed by atoms with Gasteiger partial charge in [-0.05, 0) is 25.0 Å². The largest absolute Gasteiger partial charge is 0.496 e. The number of nitrogens with zero attached hydrogens (tertiary/aromatic N) is 2. The first-order chi connectivity index (χ1) is 13.0. The number of carboxylic acids is 1. The summed E-state index contributed by atoms with van der Waals surface area (Å²) in [5.41, 5.74) is 0.830. The molecule has 7 heteroatoms. The average molecular weight is 386 g/mol. The van der Waals surface area contributed by atoms with Crippen molar-refractivity contribution in [2.45, 2.75) is 39.2 Å². The van der Waals surface area contributed by atoms with Crippen LogP contribution in [0.2, 0.25) is 0 Å². The second kappa shape index (κ2) is 8.35. The van der Waals surface area contributed by atoms with Crippen LogP contribution in [0.15, 0.2) is 35.1 Å². The van der Waals surface area contributed by atoms with Gasteiger partial charge in [0.2, 0.25) is 0 Å². The molecule has 0 aliphatic carbocycles. The number of ether oxygens (including phenoxy) is 1. The van der Waals surface area contributed by atoms with E-state index in [0.717, 1.165) is 27.4 Å². The van der Waals surface area contributed by atoms with E-state index in [0.29, 0.717) is 30.6 Å². The van der Waals surface area contributed by atoms with E-state index in [1.54, 1.807) is 11.7 Å². The third-order valence-electron chi connectivity index (χ3n) is 4.44. The molecule has 0 amide bonds. The number of hydrogen-bond donors (Lipinski definition) is 1. The van der Waals surface area contributed by atoms with Gasteiger partial charge in [-0.1, -0.05) is 25.1 Å². The smallest absolute Gasteiger partial charge is 0.303 e. The van der Waals surface area contributed by atoms with Crippen LogP contribution >= 0.6 is 11.3 Å². The van der Waals surface area contributed by atoms with E-state index in [2.05, 4.69) is 0 Å². The maximum absolute atomic E-state index is 13.0. The number of benzene rings is 1. The molecule has 3 aromatic rings. The third-order valence-corrected chi connectivity index (χ3v) is 5.62. The topological polar surface area (TPSA) is 81.4 Å². The first-order valence-electron chi connectivity index (χ1n) is 8.89. The van der Waals surface area contributed by atoms with Crippen LogP contribution in [0.1, 0.15) is 36.0 Å². The lowest BCUT2D eigenvalue weighted by Crippen LogP contribution is -2.25. The van der Waals surface area contributed by atoms with Crippen LogP contribution in [0.25, 0.3) is 10.2 Å². The zero-order valence-corrected chi connectivity index (χ0v) is 16.2. The molecule has 0 aliphatic heterocycles. The van der Waals surface area contributed by atoms with Crippen molar-refractivity contribution in [3.8, 4) is 5.75 Å². The number of rotatable bonds is 8. The minimum Gasteiger partial charge on any atom is -0.496 e. The van der Waals surface area contributed by atoms with Crippen molar-refractivity contribution in [1.29, 1.82) is 0 Å². The summed E-state index contributed by atoms with van der Waals surface area (Å²) in [7, 11) is 1.61. The molecule has 1 N–H and O–H groups in total. The second-order valence-corrected chi connectivity index (χ2v) is 7.37. The summed E-state index contributed by atoms with van der Waals surface area (Å²) in [5, 5.41) is 9.53. The predicted octanol–water partition coefficient (Wildman–Crippen LogP) is 3.48. The summed E-state index contributed by atoms with van der Waals surface area (Å²) in [5.74, 6) is 0.503. The summed E-state index contributed by atoms with van der Waals surface area (Å²) in [6, 6.07) is 9.54. The van der Waals surface area contributed by atoms with Crippen LogP contribution in [-0.2, 0) is 24.2 Å². The molecular weight excluding hydrogens is 364 g/mol. The molecule has 0 saturated heterocycles. The molecule has 142 valence electrons. The van der Waals surface area contributed by atoms with E-state index in [1.165, 1.54) is 11.3 Å². The summed E-state index contributed by atoms with van der Waals surface area (Å²) in [6.07, 6.45) is 1.69. The highest BCUT2D eigenvalue weighted by molar-refractivity contribution is 7.18. The van der Waals surface area contributed by atoms with Crippen LogP contribution in [0.3, 0.4) is 0 Å². The predicted molar refractivity (Wildman–Crippen MR) is 106 cm³/mol. The maximum atomic E-state index is 13.0. The Balaban J connectivity index is 2.07. The fraction of sp³-hybridized carbons (Fsp3) is 0.350. The van der Waals surface area contributed by atoms with Gasteiger partial charge < -0.3 is 9.84 Å². The Morgan fingerprint density at radius 2 is 2.11 bits per heavy atom. The molecule has 0 radical (unpaired) electrons. The lowest BCUT2D eigenvalue weighted by Gasteiger charge is -2.13. The summed E-state index contributed by atoms with van der Waals surface area (Å²) < 4.78 is 7.03.